The third-order valence-corrected chi connectivity index (χ3v) is 7.40. The van der Waals surface area contributed by atoms with Crippen LogP contribution in [0.4, 0.5) is 0 Å². The molecule has 152 valence electrons. The number of aliphatic hydroxyl groups excluding tert-OH is 1. The van der Waals surface area contributed by atoms with Crippen molar-refractivity contribution >= 4 is 33.8 Å². The average molecular weight is 421 g/mol. The standard InChI is InChI=1S/C15H24N4O6S2/c1-6-11-10(7(2)20)14(21)19(11)12(15(22)23)13(6)26-9-3-8(17-5-9)4-18-27(16,24)25/h6-11,17-18,20H,3-5H2,1-2H3,(H,22,23)(H2,16,24,25)/t6-,7-,8-,9-,10+,11+/m1/s1. The number of carboxylic acids is 1. The summed E-state index contributed by atoms with van der Waals surface area (Å²) in [5, 5.41) is 27.7. The molecule has 10 nitrogen and oxygen atoms in total. The van der Waals surface area contributed by atoms with E-state index < -0.39 is 28.2 Å². The van der Waals surface area contributed by atoms with Gasteiger partial charge in [-0.3, -0.25) is 4.79 Å². The van der Waals surface area contributed by atoms with E-state index in [0.717, 1.165) is 0 Å². The van der Waals surface area contributed by atoms with Crippen molar-refractivity contribution in [3.05, 3.63) is 10.6 Å². The van der Waals surface area contributed by atoms with Crippen LogP contribution < -0.4 is 15.2 Å². The normalized spacial score (nSPS) is 34.6. The van der Waals surface area contributed by atoms with Crippen LogP contribution in [0.3, 0.4) is 0 Å². The van der Waals surface area contributed by atoms with Gasteiger partial charge >= 0.3 is 5.97 Å². The average Bonchev–Trinajstić information content (AvgIpc) is 3.07. The Kier molecular flexibility index (Phi) is 5.58. The number of fused-ring (bicyclic) bond motifs is 1. The fourth-order valence-corrected chi connectivity index (χ4v) is 6.05. The van der Waals surface area contributed by atoms with Crippen LogP contribution in [0.25, 0.3) is 0 Å². The fraction of sp³-hybridized carbons (Fsp3) is 0.733. The van der Waals surface area contributed by atoms with E-state index in [1.54, 1.807) is 6.92 Å². The molecule has 0 aromatic heterocycles. The van der Waals surface area contributed by atoms with Crippen LogP contribution in [0.5, 0.6) is 0 Å². The number of nitrogens with one attached hydrogen (secondary N) is 2. The monoisotopic (exact) mass is 420 g/mol. The van der Waals surface area contributed by atoms with Gasteiger partial charge in [0, 0.05) is 35.2 Å². The molecule has 3 rings (SSSR count). The predicted molar refractivity (Wildman–Crippen MR) is 98.5 cm³/mol. The van der Waals surface area contributed by atoms with Gasteiger partial charge in [-0.25, -0.2) is 14.7 Å². The third kappa shape index (κ3) is 3.87. The van der Waals surface area contributed by atoms with Crippen molar-refractivity contribution in [2.45, 2.75) is 43.7 Å². The highest BCUT2D eigenvalue weighted by molar-refractivity contribution is 8.03. The van der Waals surface area contributed by atoms with Gasteiger partial charge in [-0.1, -0.05) is 6.92 Å². The van der Waals surface area contributed by atoms with Gasteiger partial charge in [-0.05, 0) is 13.3 Å². The number of carbonyl (C=O) groups is 2. The van der Waals surface area contributed by atoms with E-state index in [4.69, 9.17) is 5.14 Å². The van der Waals surface area contributed by atoms with Crippen LogP contribution in [0, 0.1) is 11.8 Å². The molecule has 1 amide bonds. The first-order valence-electron chi connectivity index (χ1n) is 8.67. The van der Waals surface area contributed by atoms with Crippen molar-refractivity contribution in [1.29, 1.82) is 0 Å². The van der Waals surface area contributed by atoms with Crippen molar-refractivity contribution in [3.63, 3.8) is 0 Å². The van der Waals surface area contributed by atoms with Gasteiger partial charge in [0.1, 0.15) is 5.70 Å². The molecule has 6 atom stereocenters. The van der Waals surface area contributed by atoms with Gasteiger partial charge in [0.2, 0.25) is 5.91 Å². The van der Waals surface area contributed by atoms with E-state index >= 15 is 0 Å². The highest BCUT2D eigenvalue weighted by Crippen LogP contribution is 2.51. The Morgan fingerprint density at radius 3 is 2.74 bits per heavy atom. The Labute approximate surface area is 161 Å². The molecule has 0 spiro atoms. The maximum absolute atomic E-state index is 12.3. The zero-order valence-electron chi connectivity index (χ0n) is 15.0. The van der Waals surface area contributed by atoms with Gasteiger partial charge in [0.15, 0.2) is 0 Å². The molecular formula is C15H24N4O6S2. The number of amides is 1. The van der Waals surface area contributed by atoms with E-state index in [0.29, 0.717) is 17.9 Å². The minimum Gasteiger partial charge on any atom is -0.477 e. The van der Waals surface area contributed by atoms with E-state index in [-0.39, 0.29) is 41.4 Å². The van der Waals surface area contributed by atoms with Crippen LogP contribution in [-0.4, -0.2) is 71.9 Å². The quantitative estimate of drug-likeness (QED) is 0.308. The number of hydrogen-bond donors (Lipinski definition) is 5. The summed E-state index contributed by atoms with van der Waals surface area (Å²) in [5.74, 6) is -2.27. The van der Waals surface area contributed by atoms with Crippen molar-refractivity contribution < 1.29 is 28.2 Å². The molecule has 0 aromatic rings. The number of aliphatic carboxylic acids is 1. The highest BCUT2D eigenvalue weighted by atomic mass is 32.2. The maximum Gasteiger partial charge on any atom is 0.353 e. The molecule has 3 aliphatic heterocycles. The van der Waals surface area contributed by atoms with Crippen molar-refractivity contribution in [3.8, 4) is 0 Å². The van der Waals surface area contributed by atoms with Crippen molar-refractivity contribution in [2.24, 2.45) is 17.0 Å². The second-order valence-corrected chi connectivity index (χ2v) is 9.97. The summed E-state index contributed by atoms with van der Waals surface area (Å²) in [6, 6.07) is -0.435. The van der Waals surface area contributed by atoms with E-state index in [1.807, 2.05) is 6.92 Å². The minimum atomic E-state index is -3.76. The first kappa shape index (κ1) is 20.6. The Hall–Kier alpha value is -1.18. The smallest absolute Gasteiger partial charge is 0.353 e. The largest absolute Gasteiger partial charge is 0.477 e. The summed E-state index contributed by atoms with van der Waals surface area (Å²) in [5.41, 5.74) is 0.00510. The highest BCUT2D eigenvalue weighted by Gasteiger charge is 2.60. The topological polar surface area (TPSA) is 162 Å². The third-order valence-electron chi connectivity index (χ3n) is 5.32. The first-order valence-corrected chi connectivity index (χ1v) is 11.1. The SMILES string of the molecule is C[C@@H](O)[C@@H]1C(=O)N2C(C(=O)O)=C(S[C@H]3CN[C@@H](CNS(N)(=O)=O)C3)[C@H](C)[C@@H]12. The van der Waals surface area contributed by atoms with Crippen LogP contribution in [0.2, 0.25) is 0 Å². The van der Waals surface area contributed by atoms with Gasteiger partial charge in [0.05, 0.1) is 18.1 Å². The Bertz CT molecular complexity index is 783. The lowest BCUT2D eigenvalue weighted by atomic mass is 9.79. The lowest BCUT2D eigenvalue weighted by Gasteiger charge is -2.46. The summed E-state index contributed by atoms with van der Waals surface area (Å²) in [6.07, 6.45) is -0.197. The number of nitrogens with zero attached hydrogens (tertiary/aromatic N) is 1. The molecule has 0 unspecified atom stereocenters. The van der Waals surface area contributed by atoms with Gasteiger partial charge in [-0.2, -0.15) is 8.42 Å². The summed E-state index contributed by atoms with van der Waals surface area (Å²) in [4.78, 5) is 26.1. The lowest BCUT2D eigenvalue weighted by molar-refractivity contribution is -0.163. The molecule has 6 N–H and O–H groups in total. The van der Waals surface area contributed by atoms with Crippen molar-refractivity contribution in [2.75, 3.05) is 13.1 Å². The Morgan fingerprint density at radius 2 is 2.19 bits per heavy atom. The molecule has 0 saturated carbocycles. The summed E-state index contributed by atoms with van der Waals surface area (Å²) >= 11 is 1.41. The molecule has 0 bridgehead atoms. The lowest BCUT2D eigenvalue weighted by Crippen LogP contribution is -2.63. The van der Waals surface area contributed by atoms with Crippen molar-refractivity contribution in [1.82, 2.24) is 14.9 Å². The molecule has 0 aliphatic carbocycles. The van der Waals surface area contributed by atoms with E-state index in [9.17, 15) is 28.2 Å². The minimum absolute atomic E-state index is 0.00510. The van der Waals surface area contributed by atoms with Gasteiger partial charge in [0.25, 0.3) is 10.2 Å². The summed E-state index contributed by atoms with van der Waals surface area (Å²) in [6.45, 7) is 4.17. The number of carboxylic acid groups (broad SMARTS) is 1. The van der Waals surface area contributed by atoms with E-state index in [2.05, 4.69) is 10.0 Å². The fourth-order valence-electron chi connectivity index (χ4n) is 4.10. The van der Waals surface area contributed by atoms with Crippen LogP contribution in [-0.2, 0) is 19.8 Å². The Morgan fingerprint density at radius 1 is 1.52 bits per heavy atom. The summed E-state index contributed by atoms with van der Waals surface area (Å²) < 4.78 is 24.3. The molecule has 3 heterocycles. The molecule has 0 radical (unpaired) electrons. The molecule has 0 aromatic carbocycles. The molecule has 27 heavy (non-hydrogen) atoms. The number of carbonyl (C=O) groups excluding carboxylic acids is 1. The molecule has 2 saturated heterocycles. The molecule has 2 fully saturated rings. The van der Waals surface area contributed by atoms with Crippen LogP contribution in [0.1, 0.15) is 20.3 Å². The number of nitrogens with two attached hydrogens (primary N) is 1. The zero-order valence-corrected chi connectivity index (χ0v) is 16.6. The van der Waals surface area contributed by atoms with Gasteiger partial charge in [-0.15, -0.1) is 11.8 Å². The number of rotatable bonds is 7. The van der Waals surface area contributed by atoms with E-state index in [1.165, 1.54) is 16.7 Å². The predicted octanol–water partition coefficient (Wildman–Crippen LogP) is -1.60. The number of aliphatic hydroxyl groups is 1. The molecule has 12 heteroatoms. The van der Waals surface area contributed by atoms with Gasteiger partial charge < -0.3 is 20.4 Å². The second kappa shape index (κ2) is 7.33. The zero-order chi connectivity index (χ0) is 20.1. The van der Waals surface area contributed by atoms with Crippen LogP contribution in [0.15, 0.2) is 10.6 Å². The molecule has 3 aliphatic rings. The van der Waals surface area contributed by atoms with Crippen LogP contribution >= 0.6 is 11.8 Å². The maximum atomic E-state index is 12.3. The summed E-state index contributed by atoms with van der Waals surface area (Å²) in [7, 11) is -3.76. The Balaban J connectivity index is 1.71. The number of β-lactam (4-membered cyclic amide) rings is 1. The number of hydrogen-bond acceptors (Lipinski definition) is 7. The number of thioether (sulfide) groups is 1. The second-order valence-electron chi connectivity index (χ2n) is 7.25. The molecular weight excluding hydrogens is 396 g/mol. The first-order chi connectivity index (χ1) is 12.5.